The number of H-pyrrole nitrogens is 1. The highest BCUT2D eigenvalue weighted by Gasteiger charge is 2.14. The zero-order valence-corrected chi connectivity index (χ0v) is 8.37. The number of aromatic amines is 1. The maximum absolute atomic E-state index is 11.7. The summed E-state index contributed by atoms with van der Waals surface area (Å²) in [7, 11) is 0. The van der Waals surface area contributed by atoms with Crippen molar-refractivity contribution in [2.75, 3.05) is 5.32 Å². The number of furan rings is 1. The van der Waals surface area contributed by atoms with E-state index in [-0.39, 0.29) is 5.91 Å². The number of hydrogen-bond donors (Lipinski definition) is 2. The number of amides is 1. The van der Waals surface area contributed by atoms with Gasteiger partial charge in [-0.25, -0.2) is 5.10 Å². The first kappa shape index (κ1) is 9.45. The fourth-order valence-corrected chi connectivity index (χ4v) is 1.30. The highest BCUT2D eigenvalue weighted by atomic mass is 16.3. The molecule has 0 aliphatic rings. The minimum Gasteiger partial charge on any atom is -0.466 e. The number of nitrogens with zero attached hydrogens (tertiary/aromatic N) is 2. The third-order valence-corrected chi connectivity index (χ3v) is 1.93. The van der Waals surface area contributed by atoms with Crippen LogP contribution in [0.4, 0.5) is 5.95 Å². The number of hydrogen-bond acceptors (Lipinski definition) is 4. The molecule has 0 bridgehead atoms. The van der Waals surface area contributed by atoms with E-state index in [0.29, 0.717) is 23.0 Å². The molecule has 0 atom stereocenters. The summed E-state index contributed by atoms with van der Waals surface area (Å²) in [6.45, 7) is 3.53. The van der Waals surface area contributed by atoms with Gasteiger partial charge in [-0.15, -0.1) is 0 Å². The maximum atomic E-state index is 11.7. The molecule has 6 heteroatoms. The average Bonchev–Trinajstić information content (AvgIpc) is 2.75. The van der Waals surface area contributed by atoms with E-state index in [2.05, 4.69) is 20.5 Å². The fourth-order valence-electron chi connectivity index (χ4n) is 1.30. The molecular weight excluding hydrogens is 196 g/mol. The Morgan fingerprint density at radius 3 is 2.87 bits per heavy atom. The van der Waals surface area contributed by atoms with Crippen molar-refractivity contribution in [2.24, 2.45) is 0 Å². The van der Waals surface area contributed by atoms with E-state index in [1.54, 1.807) is 19.9 Å². The Morgan fingerprint density at radius 2 is 2.33 bits per heavy atom. The number of carbonyl (C=O) groups is 1. The minimum absolute atomic E-state index is 0.263. The van der Waals surface area contributed by atoms with Crippen LogP contribution in [0.3, 0.4) is 0 Å². The van der Waals surface area contributed by atoms with Crippen LogP contribution in [0.1, 0.15) is 21.9 Å². The molecule has 6 nitrogen and oxygen atoms in total. The van der Waals surface area contributed by atoms with Gasteiger partial charge in [-0.05, 0) is 19.9 Å². The lowest BCUT2D eigenvalue weighted by molar-refractivity contribution is 0.102. The van der Waals surface area contributed by atoms with Crippen LogP contribution in [0, 0.1) is 13.8 Å². The van der Waals surface area contributed by atoms with Gasteiger partial charge in [0.1, 0.15) is 17.8 Å². The molecule has 1 amide bonds. The molecule has 0 aliphatic carbocycles. The van der Waals surface area contributed by atoms with Crippen molar-refractivity contribution in [3.63, 3.8) is 0 Å². The lowest BCUT2D eigenvalue weighted by Crippen LogP contribution is -2.13. The van der Waals surface area contributed by atoms with E-state index in [4.69, 9.17) is 4.42 Å². The Morgan fingerprint density at radius 1 is 1.53 bits per heavy atom. The molecule has 0 saturated heterocycles. The second kappa shape index (κ2) is 3.56. The van der Waals surface area contributed by atoms with E-state index in [9.17, 15) is 4.79 Å². The van der Waals surface area contributed by atoms with E-state index in [1.165, 1.54) is 6.33 Å². The molecule has 78 valence electrons. The standard InChI is InChI=1S/C9H10N4O2/c1-5-3-7(6(2)15-5)8(14)12-9-10-4-11-13-9/h3-4H,1-2H3,(H2,10,11,12,13,14). The Balaban J connectivity index is 2.18. The van der Waals surface area contributed by atoms with Crippen molar-refractivity contribution >= 4 is 11.9 Å². The zero-order chi connectivity index (χ0) is 10.8. The molecule has 0 aromatic carbocycles. The van der Waals surface area contributed by atoms with Crippen LogP contribution in [-0.4, -0.2) is 21.1 Å². The number of anilines is 1. The van der Waals surface area contributed by atoms with Crippen molar-refractivity contribution in [2.45, 2.75) is 13.8 Å². The Hall–Kier alpha value is -2.11. The third-order valence-electron chi connectivity index (χ3n) is 1.93. The molecule has 0 aliphatic heterocycles. The summed E-state index contributed by atoms with van der Waals surface area (Å²) in [4.78, 5) is 15.5. The predicted octanol–water partition coefficient (Wildman–Crippen LogP) is 1.27. The number of carbonyl (C=O) groups excluding carboxylic acids is 1. The quantitative estimate of drug-likeness (QED) is 0.774. The first-order valence-corrected chi connectivity index (χ1v) is 4.40. The molecule has 2 aromatic heterocycles. The van der Waals surface area contributed by atoms with Gasteiger partial charge in [-0.1, -0.05) is 0 Å². The Labute approximate surface area is 85.7 Å². The maximum Gasteiger partial charge on any atom is 0.261 e. The van der Waals surface area contributed by atoms with Crippen LogP contribution >= 0.6 is 0 Å². The van der Waals surface area contributed by atoms with E-state index < -0.39 is 0 Å². The van der Waals surface area contributed by atoms with Crippen molar-refractivity contribution in [3.8, 4) is 0 Å². The van der Waals surface area contributed by atoms with Crippen LogP contribution in [0.15, 0.2) is 16.8 Å². The first-order chi connectivity index (χ1) is 7.16. The van der Waals surface area contributed by atoms with E-state index in [0.717, 1.165) is 0 Å². The number of aryl methyl sites for hydroxylation is 2. The summed E-state index contributed by atoms with van der Waals surface area (Å²) in [6, 6.07) is 1.68. The second-order valence-electron chi connectivity index (χ2n) is 3.12. The topological polar surface area (TPSA) is 83.8 Å². The van der Waals surface area contributed by atoms with Crippen molar-refractivity contribution in [1.82, 2.24) is 15.2 Å². The van der Waals surface area contributed by atoms with Crippen molar-refractivity contribution in [1.29, 1.82) is 0 Å². The predicted molar refractivity (Wildman–Crippen MR) is 52.5 cm³/mol. The SMILES string of the molecule is Cc1cc(C(=O)Nc2ncn[nH]2)c(C)o1. The van der Waals surface area contributed by atoms with Gasteiger partial charge >= 0.3 is 0 Å². The fraction of sp³-hybridized carbons (Fsp3) is 0.222. The summed E-state index contributed by atoms with van der Waals surface area (Å²) in [5.41, 5.74) is 0.504. The highest BCUT2D eigenvalue weighted by molar-refractivity contribution is 6.04. The molecule has 2 N–H and O–H groups in total. The Bertz CT molecular complexity index is 472. The molecule has 0 radical (unpaired) electrons. The molecule has 0 saturated carbocycles. The largest absolute Gasteiger partial charge is 0.466 e. The molecule has 15 heavy (non-hydrogen) atoms. The normalized spacial score (nSPS) is 10.3. The van der Waals surface area contributed by atoms with Gasteiger partial charge in [0, 0.05) is 0 Å². The average molecular weight is 206 g/mol. The Kier molecular flexibility index (Phi) is 2.24. The minimum atomic E-state index is -0.263. The van der Waals surface area contributed by atoms with Crippen LogP contribution in [0.5, 0.6) is 0 Å². The van der Waals surface area contributed by atoms with Crippen LogP contribution in [0.25, 0.3) is 0 Å². The molecule has 0 unspecified atom stereocenters. The number of aromatic nitrogens is 3. The van der Waals surface area contributed by atoms with Crippen molar-refractivity contribution in [3.05, 3.63) is 29.5 Å². The van der Waals surface area contributed by atoms with Crippen LogP contribution < -0.4 is 5.32 Å². The van der Waals surface area contributed by atoms with Gasteiger partial charge in [0.15, 0.2) is 0 Å². The van der Waals surface area contributed by atoms with Gasteiger partial charge in [0.25, 0.3) is 5.91 Å². The van der Waals surface area contributed by atoms with Crippen LogP contribution in [0.2, 0.25) is 0 Å². The summed E-state index contributed by atoms with van der Waals surface area (Å²) >= 11 is 0. The molecule has 2 aromatic rings. The smallest absolute Gasteiger partial charge is 0.261 e. The van der Waals surface area contributed by atoms with Crippen LogP contribution in [-0.2, 0) is 0 Å². The lowest BCUT2D eigenvalue weighted by atomic mass is 10.2. The van der Waals surface area contributed by atoms with E-state index in [1.807, 2.05) is 0 Å². The third kappa shape index (κ3) is 1.88. The van der Waals surface area contributed by atoms with Gasteiger partial charge in [-0.2, -0.15) is 10.1 Å². The molecule has 0 fully saturated rings. The summed E-state index contributed by atoms with van der Waals surface area (Å²) in [5, 5.41) is 8.73. The lowest BCUT2D eigenvalue weighted by Gasteiger charge is -1.98. The first-order valence-electron chi connectivity index (χ1n) is 4.40. The summed E-state index contributed by atoms with van der Waals surface area (Å²) in [5.74, 6) is 1.35. The second-order valence-corrected chi connectivity index (χ2v) is 3.12. The summed E-state index contributed by atoms with van der Waals surface area (Å²) in [6.07, 6.45) is 1.32. The monoisotopic (exact) mass is 206 g/mol. The molecule has 2 rings (SSSR count). The van der Waals surface area contributed by atoms with Crippen molar-refractivity contribution < 1.29 is 9.21 Å². The number of nitrogens with one attached hydrogen (secondary N) is 2. The molecule has 0 spiro atoms. The summed E-state index contributed by atoms with van der Waals surface area (Å²) < 4.78 is 5.25. The van der Waals surface area contributed by atoms with Gasteiger partial charge in [-0.3, -0.25) is 10.1 Å². The van der Waals surface area contributed by atoms with E-state index >= 15 is 0 Å². The van der Waals surface area contributed by atoms with Gasteiger partial charge in [0.2, 0.25) is 5.95 Å². The molecular formula is C9H10N4O2. The highest BCUT2D eigenvalue weighted by Crippen LogP contribution is 2.14. The molecule has 2 heterocycles. The van der Waals surface area contributed by atoms with Gasteiger partial charge in [0.05, 0.1) is 5.56 Å². The zero-order valence-electron chi connectivity index (χ0n) is 8.37. The van der Waals surface area contributed by atoms with Gasteiger partial charge < -0.3 is 4.42 Å². The number of rotatable bonds is 2.